The van der Waals surface area contributed by atoms with Gasteiger partial charge in [-0.2, -0.15) is 0 Å². The first-order chi connectivity index (χ1) is 30.5. The molecule has 0 amide bonds. The summed E-state index contributed by atoms with van der Waals surface area (Å²) in [6.07, 6.45) is 34.4. The predicted molar refractivity (Wildman–Crippen MR) is 247 cm³/mol. The van der Waals surface area contributed by atoms with E-state index in [2.05, 4.69) is 19.1 Å². The van der Waals surface area contributed by atoms with Crippen LogP contribution in [0.3, 0.4) is 0 Å². The second kappa shape index (κ2) is 39.9. The molecule has 0 fully saturated rings. The van der Waals surface area contributed by atoms with E-state index in [0.717, 1.165) is 103 Å². The van der Waals surface area contributed by atoms with E-state index in [1.54, 1.807) is 12.2 Å². The van der Waals surface area contributed by atoms with Crippen molar-refractivity contribution in [3.8, 4) is 0 Å². The van der Waals surface area contributed by atoms with Crippen molar-refractivity contribution >= 4 is 35.7 Å². The molecule has 0 heterocycles. The van der Waals surface area contributed by atoms with Gasteiger partial charge in [0.25, 0.3) is 0 Å². The van der Waals surface area contributed by atoms with E-state index in [1.807, 2.05) is 44.1 Å². The highest BCUT2D eigenvalue weighted by molar-refractivity contribution is 5.72. The Morgan fingerprint density at radius 2 is 1.22 bits per heavy atom. The number of carboxylic acids is 2. The van der Waals surface area contributed by atoms with Gasteiger partial charge in [-0.15, -0.1) is 0 Å². The number of aliphatic hydroxyl groups is 2. The standard InChI is InChI=1S/C51H78O12/c1-4-7-8-9-20-26-31-42(46(36-49(57)58)48(56)39-54)32-27-22-18-19-24-29-34-50(59)63-44(6-3)40-62-45(38-53)33-28-23-17-15-13-11-10-12-14-16-21-25-30-41(5-2)47(51(60)61)35-43(55)37-52/h10,12,16,21,25,27,30,32,41-42,44,46-47,55-56H,4-9,11,13-15,17-20,22-24,26,28-29,31,33-36,40H2,1-3H3,(H,57,58)(H,60,61)/b12-10-,21-16-,30-25+,32-27+. The number of aliphatic hydroxyl groups excluding tert-OH is 2. The zero-order valence-electron chi connectivity index (χ0n) is 38.4. The number of ether oxygens (including phenoxy) is 2. The lowest BCUT2D eigenvalue weighted by atomic mass is 9.83. The number of esters is 1. The van der Waals surface area contributed by atoms with Crippen molar-refractivity contribution in [2.45, 2.75) is 187 Å². The number of aliphatic carboxylic acids is 2. The summed E-state index contributed by atoms with van der Waals surface area (Å²) >= 11 is 0. The third kappa shape index (κ3) is 31.6. The summed E-state index contributed by atoms with van der Waals surface area (Å²) in [4.78, 5) is 68.8. The summed E-state index contributed by atoms with van der Waals surface area (Å²) in [6, 6.07) is 0. The van der Waals surface area contributed by atoms with E-state index in [4.69, 9.17) is 9.47 Å². The lowest BCUT2D eigenvalue weighted by Gasteiger charge is -2.21. The number of carboxylic acid groups (broad SMARTS) is 2. The Balaban J connectivity index is 4.36. The lowest BCUT2D eigenvalue weighted by Crippen LogP contribution is -2.23. The molecule has 0 rings (SSSR count). The fraction of sp³-hybridized carbons (Fsp3) is 0.667. The number of unbranched alkanes of at least 4 members (excludes halogenated alkanes) is 14. The summed E-state index contributed by atoms with van der Waals surface area (Å²) in [5, 5.41) is 38.4. The van der Waals surface area contributed by atoms with Crippen molar-refractivity contribution in [1.82, 2.24) is 0 Å². The number of rotatable bonds is 41. The summed E-state index contributed by atoms with van der Waals surface area (Å²) in [5.41, 5.74) is 0. The molecular formula is C51H78O12. The average molecular weight is 883 g/mol. The molecule has 0 aliphatic carbocycles. The molecular weight excluding hydrogens is 805 g/mol. The first-order valence-corrected chi connectivity index (χ1v) is 23.5. The summed E-state index contributed by atoms with van der Waals surface area (Å²) in [7, 11) is 0. The van der Waals surface area contributed by atoms with Crippen molar-refractivity contribution < 1.29 is 58.7 Å². The minimum atomic E-state index is -1.07. The number of hydrogen-bond acceptors (Lipinski definition) is 10. The molecule has 0 aliphatic rings. The van der Waals surface area contributed by atoms with Crippen molar-refractivity contribution in [1.29, 1.82) is 0 Å². The smallest absolute Gasteiger partial charge is 0.307 e. The van der Waals surface area contributed by atoms with Gasteiger partial charge in [-0.3, -0.25) is 14.4 Å². The van der Waals surface area contributed by atoms with Gasteiger partial charge in [0.1, 0.15) is 12.7 Å². The average Bonchev–Trinajstić information content (AvgIpc) is 3.27. The number of carbonyl (C=O) groups excluding carboxylic acids is 4. The van der Waals surface area contributed by atoms with Crippen LogP contribution in [0, 0.1) is 23.7 Å². The van der Waals surface area contributed by atoms with Crippen LogP contribution >= 0.6 is 0 Å². The molecule has 0 aromatic heterocycles. The van der Waals surface area contributed by atoms with Gasteiger partial charge in [0.15, 0.2) is 35.1 Å². The van der Waals surface area contributed by atoms with Crippen LogP contribution in [0.25, 0.3) is 0 Å². The Morgan fingerprint density at radius 1 is 0.587 bits per heavy atom. The van der Waals surface area contributed by atoms with Crippen LogP contribution in [0.15, 0.2) is 65.9 Å². The zero-order chi connectivity index (χ0) is 46.9. The summed E-state index contributed by atoms with van der Waals surface area (Å²) < 4.78 is 11.3. The highest BCUT2D eigenvalue weighted by atomic mass is 16.6. The molecule has 0 saturated carbocycles. The lowest BCUT2D eigenvalue weighted by molar-refractivity contribution is -0.151. The van der Waals surface area contributed by atoms with Gasteiger partial charge in [0.05, 0.1) is 12.3 Å². The van der Waals surface area contributed by atoms with Gasteiger partial charge in [0, 0.05) is 25.2 Å². The molecule has 354 valence electrons. The van der Waals surface area contributed by atoms with Gasteiger partial charge in [-0.05, 0) is 76.0 Å². The fourth-order valence-electron chi connectivity index (χ4n) is 7.25. The van der Waals surface area contributed by atoms with Gasteiger partial charge in [0.2, 0.25) is 0 Å². The van der Waals surface area contributed by atoms with Crippen LogP contribution in [-0.2, 0) is 38.2 Å². The molecule has 63 heavy (non-hydrogen) atoms. The van der Waals surface area contributed by atoms with Crippen LogP contribution in [0.2, 0.25) is 0 Å². The van der Waals surface area contributed by atoms with E-state index in [0.29, 0.717) is 32.1 Å². The maximum absolute atomic E-state index is 12.5. The van der Waals surface area contributed by atoms with Crippen LogP contribution in [-0.4, -0.2) is 68.9 Å². The van der Waals surface area contributed by atoms with Gasteiger partial charge in [-0.1, -0.05) is 140 Å². The Hall–Kier alpha value is -4.88. The molecule has 5 unspecified atom stereocenters. The molecule has 0 radical (unpaired) electrons. The van der Waals surface area contributed by atoms with E-state index in [9.17, 15) is 49.2 Å². The van der Waals surface area contributed by atoms with Crippen LogP contribution in [0.4, 0.5) is 0 Å². The number of allylic oxidation sites excluding steroid dienone is 11. The fourth-order valence-corrected chi connectivity index (χ4v) is 7.25. The van der Waals surface area contributed by atoms with Crippen molar-refractivity contribution in [2.75, 3.05) is 6.61 Å². The van der Waals surface area contributed by atoms with E-state index < -0.39 is 41.4 Å². The van der Waals surface area contributed by atoms with E-state index >= 15 is 0 Å². The Bertz CT molecular complexity index is 1540. The van der Waals surface area contributed by atoms with E-state index in [1.165, 1.54) is 18.3 Å². The van der Waals surface area contributed by atoms with Crippen LogP contribution in [0.5, 0.6) is 0 Å². The second-order valence-corrected chi connectivity index (χ2v) is 16.2. The SMILES string of the molecule is CCCCCCCCC(/C=C/CCCCCCC(=O)OC(CC)COC(=C=O)CCCCCCC/C=C\C/C=C\C=C\C(CC)C(CC(O)=C=O)C(=O)O)C(CC(=O)O)C(O)=C=O. The molecule has 0 spiro atoms. The van der Waals surface area contributed by atoms with E-state index in [-0.39, 0.29) is 49.4 Å². The molecule has 0 aliphatic heterocycles. The minimum absolute atomic E-state index is 0.112. The highest BCUT2D eigenvalue weighted by Gasteiger charge is 2.27. The molecule has 0 saturated heterocycles. The number of hydrogen-bond donors (Lipinski definition) is 4. The maximum Gasteiger partial charge on any atom is 0.307 e. The molecule has 0 bridgehead atoms. The molecule has 12 nitrogen and oxygen atoms in total. The topological polar surface area (TPSA) is 202 Å². The number of carbonyl (C=O) groups is 3. The third-order valence-electron chi connectivity index (χ3n) is 11.1. The monoisotopic (exact) mass is 883 g/mol. The predicted octanol–water partition coefficient (Wildman–Crippen LogP) is 11.8. The normalized spacial score (nSPS) is 13.9. The molecule has 5 atom stereocenters. The van der Waals surface area contributed by atoms with Gasteiger partial charge in [-0.25, -0.2) is 14.4 Å². The molecule has 0 aromatic rings. The maximum atomic E-state index is 12.5. The van der Waals surface area contributed by atoms with Crippen LogP contribution in [0.1, 0.15) is 181 Å². The summed E-state index contributed by atoms with van der Waals surface area (Å²) in [6.45, 7) is 6.03. The summed E-state index contributed by atoms with van der Waals surface area (Å²) in [5.74, 6) is -0.795. The quantitative estimate of drug-likeness (QED) is 0.0113. The largest absolute Gasteiger partial charge is 0.502 e. The minimum Gasteiger partial charge on any atom is -0.502 e. The van der Waals surface area contributed by atoms with Crippen molar-refractivity contribution in [3.63, 3.8) is 0 Å². The Kier molecular flexibility index (Phi) is 36.8. The third-order valence-corrected chi connectivity index (χ3v) is 11.1. The highest BCUT2D eigenvalue weighted by Crippen LogP contribution is 2.29. The molecule has 0 aromatic carbocycles. The van der Waals surface area contributed by atoms with Crippen molar-refractivity contribution in [2.24, 2.45) is 23.7 Å². The zero-order valence-corrected chi connectivity index (χ0v) is 38.4. The first kappa shape index (κ1) is 58.1. The van der Waals surface area contributed by atoms with Crippen LogP contribution < -0.4 is 0 Å². The van der Waals surface area contributed by atoms with Gasteiger partial charge < -0.3 is 29.9 Å². The first-order valence-electron chi connectivity index (χ1n) is 23.5. The molecule has 12 heteroatoms. The second-order valence-electron chi connectivity index (χ2n) is 16.2. The Morgan fingerprint density at radius 3 is 1.83 bits per heavy atom. The van der Waals surface area contributed by atoms with Crippen molar-refractivity contribution in [3.05, 3.63) is 65.9 Å². The van der Waals surface area contributed by atoms with Gasteiger partial charge >= 0.3 is 17.9 Å². The Labute approximate surface area is 377 Å². The molecule has 4 N–H and O–H groups in total.